The molecule has 0 spiro atoms. The maximum atomic E-state index is 10.4. The van der Waals surface area contributed by atoms with Crippen molar-refractivity contribution in [3.05, 3.63) is 35.9 Å². The van der Waals surface area contributed by atoms with Crippen LogP contribution >= 0.6 is 0 Å². The van der Waals surface area contributed by atoms with Crippen molar-refractivity contribution in [1.29, 1.82) is 0 Å². The van der Waals surface area contributed by atoms with Crippen molar-refractivity contribution in [2.24, 2.45) is 5.73 Å². The zero-order valence-corrected chi connectivity index (χ0v) is 8.22. The zero-order chi connectivity index (χ0) is 11.1. The second kappa shape index (κ2) is 5.82. The lowest BCUT2D eigenvalue weighted by atomic mass is 10.2. The van der Waals surface area contributed by atoms with Crippen LogP contribution in [0.5, 0.6) is 5.75 Å². The molecule has 4 nitrogen and oxygen atoms in total. The standard InChI is InChI=1S/C11H13NO3/c12-11(14)8-15-10-5-3-9(4-6-10)2-1-7-13/h1-6,13H,7-8H2,(H2,12,14). The Kier molecular flexibility index (Phi) is 4.37. The van der Waals surface area contributed by atoms with Gasteiger partial charge in [0, 0.05) is 0 Å². The number of hydrogen-bond acceptors (Lipinski definition) is 3. The molecule has 1 amide bonds. The summed E-state index contributed by atoms with van der Waals surface area (Å²) in [6, 6.07) is 7.12. The Morgan fingerprint density at radius 1 is 1.40 bits per heavy atom. The highest BCUT2D eigenvalue weighted by molar-refractivity contribution is 5.75. The van der Waals surface area contributed by atoms with Crippen molar-refractivity contribution < 1.29 is 14.6 Å². The first-order valence-electron chi connectivity index (χ1n) is 4.51. The summed E-state index contributed by atoms with van der Waals surface area (Å²) < 4.78 is 5.08. The fourth-order valence-corrected chi connectivity index (χ4v) is 1.02. The van der Waals surface area contributed by atoms with Crippen LogP contribution in [0, 0.1) is 0 Å². The summed E-state index contributed by atoms with van der Waals surface area (Å²) in [5.74, 6) is 0.0919. The first-order chi connectivity index (χ1) is 7.22. The summed E-state index contributed by atoms with van der Waals surface area (Å²) >= 11 is 0. The van der Waals surface area contributed by atoms with Crippen molar-refractivity contribution in [2.45, 2.75) is 0 Å². The summed E-state index contributed by atoms with van der Waals surface area (Å²) in [7, 11) is 0. The van der Waals surface area contributed by atoms with Crippen molar-refractivity contribution in [3.63, 3.8) is 0 Å². The second-order valence-electron chi connectivity index (χ2n) is 2.91. The fraction of sp³-hybridized carbons (Fsp3) is 0.182. The van der Waals surface area contributed by atoms with Crippen LogP contribution in [0.15, 0.2) is 30.3 Å². The van der Waals surface area contributed by atoms with E-state index in [-0.39, 0.29) is 13.2 Å². The monoisotopic (exact) mass is 207 g/mol. The maximum absolute atomic E-state index is 10.4. The van der Waals surface area contributed by atoms with E-state index in [4.69, 9.17) is 15.6 Å². The minimum Gasteiger partial charge on any atom is -0.484 e. The highest BCUT2D eigenvalue weighted by Gasteiger charge is 1.96. The number of benzene rings is 1. The molecule has 15 heavy (non-hydrogen) atoms. The number of aliphatic hydroxyl groups excluding tert-OH is 1. The molecule has 1 aromatic rings. The molecule has 0 unspecified atom stereocenters. The first-order valence-corrected chi connectivity index (χ1v) is 4.51. The van der Waals surface area contributed by atoms with E-state index in [2.05, 4.69) is 0 Å². The zero-order valence-electron chi connectivity index (χ0n) is 8.22. The van der Waals surface area contributed by atoms with Gasteiger partial charge in [-0.1, -0.05) is 24.3 Å². The van der Waals surface area contributed by atoms with E-state index in [9.17, 15) is 4.79 Å². The lowest BCUT2D eigenvalue weighted by Gasteiger charge is -2.03. The Hall–Kier alpha value is -1.81. The first kappa shape index (κ1) is 11.3. The van der Waals surface area contributed by atoms with Gasteiger partial charge in [-0.2, -0.15) is 0 Å². The van der Waals surface area contributed by atoms with Crippen LogP contribution in [0.25, 0.3) is 6.08 Å². The SMILES string of the molecule is NC(=O)COc1ccc(C=CCO)cc1. The molecule has 0 aromatic heterocycles. The molecule has 3 N–H and O–H groups in total. The number of nitrogens with two attached hydrogens (primary N) is 1. The van der Waals surface area contributed by atoms with Gasteiger partial charge in [0.15, 0.2) is 6.61 Å². The number of hydrogen-bond donors (Lipinski definition) is 2. The summed E-state index contributed by atoms with van der Waals surface area (Å²) in [4.78, 5) is 10.4. The second-order valence-corrected chi connectivity index (χ2v) is 2.91. The Morgan fingerprint density at radius 2 is 2.07 bits per heavy atom. The van der Waals surface area contributed by atoms with Gasteiger partial charge < -0.3 is 15.6 Å². The third-order valence-electron chi connectivity index (χ3n) is 1.68. The molecule has 1 aromatic carbocycles. The van der Waals surface area contributed by atoms with Crippen LogP contribution in [0.3, 0.4) is 0 Å². The number of rotatable bonds is 5. The predicted molar refractivity (Wildman–Crippen MR) is 57.3 cm³/mol. The van der Waals surface area contributed by atoms with E-state index < -0.39 is 5.91 Å². The molecular formula is C11H13NO3. The van der Waals surface area contributed by atoms with Gasteiger partial charge in [-0.3, -0.25) is 4.79 Å². The van der Waals surface area contributed by atoms with Gasteiger partial charge in [-0.15, -0.1) is 0 Å². The van der Waals surface area contributed by atoms with E-state index in [1.165, 1.54) is 0 Å². The van der Waals surface area contributed by atoms with Gasteiger partial charge in [0.2, 0.25) is 0 Å². The molecule has 0 fully saturated rings. The number of carbonyl (C=O) groups is 1. The molecule has 1 rings (SSSR count). The molecule has 0 heterocycles. The predicted octanol–water partition coefficient (Wildman–Crippen LogP) is 0.556. The summed E-state index contributed by atoms with van der Waals surface area (Å²) in [6.07, 6.45) is 3.43. The van der Waals surface area contributed by atoms with Gasteiger partial charge in [0.1, 0.15) is 5.75 Å². The maximum Gasteiger partial charge on any atom is 0.255 e. The highest BCUT2D eigenvalue weighted by atomic mass is 16.5. The quantitative estimate of drug-likeness (QED) is 0.740. The molecule has 0 aliphatic rings. The normalized spacial score (nSPS) is 10.5. The third-order valence-corrected chi connectivity index (χ3v) is 1.68. The third kappa shape index (κ3) is 4.28. The van der Waals surface area contributed by atoms with Gasteiger partial charge in [0.05, 0.1) is 6.61 Å². The Balaban J connectivity index is 2.56. The Labute approximate surface area is 88.0 Å². The number of amides is 1. The Bertz CT molecular complexity index is 343. The van der Waals surface area contributed by atoms with E-state index in [0.717, 1.165) is 5.56 Å². The van der Waals surface area contributed by atoms with E-state index in [1.54, 1.807) is 24.3 Å². The van der Waals surface area contributed by atoms with Crippen molar-refractivity contribution in [2.75, 3.05) is 13.2 Å². The molecule has 0 atom stereocenters. The molecule has 0 aliphatic heterocycles. The highest BCUT2D eigenvalue weighted by Crippen LogP contribution is 2.12. The van der Waals surface area contributed by atoms with Gasteiger partial charge in [0.25, 0.3) is 5.91 Å². The largest absolute Gasteiger partial charge is 0.484 e. The molecule has 0 saturated carbocycles. The molecule has 0 radical (unpaired) electrons. The van der Waals surface area contributed by atoms with Crippen LogP contribution in [0.1, 0.15) is 5.56 Å². The number of primary amides is 1. The minimum atomic E-state index is -0.501. The van der Waals surface area contributed by atoms with Crippen molar-refractivity contribution in [1.82, 2.24) is 0 Å². The average Bonchev–Trinajstić information content (AvgIpc) is 2.25. The van der Waals surface area contributed by atoms with Crippen LogP contribution < -0.4 is 10.5 Å². The number of aliphatic hydroxyl groups is 1. The molecule has 80 valence electrons. The van der Waals surface area contributed by atoms with Crippen LogP contribution in [0.2, 0.25) is 0 Å². The summed E-state index contributed by atoms with van der Waals surface area (Å²) in [6.45, 7) is -0.105. The molecule has 0 saturated heterocycles. The lowest BCUT2D eigenvalue weighted by Crippen LogP contribution is -2.19. The lowest BCUT2D eigenvalue weighted by molar-refractivity contribution is -0.119. The van der Waals surface area contributed by atoms with Crippen LogP contribution in [-0.4, -0.2) is 24.2 Å². The van der Waals surface area contributed by atoms with Crippen LogP contribution in [0.4, 0.5) is 0 Å². The molecule has 0 aliphatic carbocycles. The smallest absolute Gasteiger partial charge is 0.255 e. The van der Waals surface area contributed by atoms with E-state index in [1.807, 2.05) is 12.1 Å². The summed E-state index contributed by atoms with van der Waals surface area (Å²) in [5.41, 5.74) is 5.89. The van der Waals surface area contributed by atoms with Gasteiger partial charge in [-0.05, 0) is 17.7 Å². The van der Waals surface area contributed by atoms with E-state index in [0.29, 0.717) is 5.75 Å². The van der Waals surface area contributed by atoms with E-state index >= 15 is 0 Å². The van der Waals surface area contributed by atoms with Crippen molar-refractivity contribution >= 4 is 12.0 Å². The van der Waals surface area contributed by atoms with Crippen molar-refractivity contribution in [3.8, 4) is 5.75 Å². The Morgan fingerprint density at radius 3 is 2.60 bits per heavy atom. The average molecular weight is 207 g/mol. The number of carbonyl (C=O) groups excluding carboxylic acids is 1. The molecule has 4 heteroatoms. The van der Waals surface area contributed by atoms with Crippen LogP contribution in [-0.2, 0) is 4.79 Å². The molecular weight excluding hydrogens is 194 g/mol. The molecule has 0 bridgehead atoms. The summed E-state index contributed by atoms with van der Waals surface area (Å²) in [5, 5.41) is 8.56. The van der Waals surface area contributed by atoms with Gasteiger partial charge in [-0.25, -0.2) is 0 Å². The van der Waals surface area contributed by atoms with Gasteiger partial charge >= 0.3 is 0 Å². The topological polar surface area (TPSA) is 72.6 Å². The number of ether oxygens (including phenoxy) is 1. The minimum absolute atomic E-state index is 0.0138. The fourth-order valence-electron chi connectivity index (χ4n) is 1.02.